The van der Waals surface area contributed by atoms with Crippen molar-refractivity contribution in [3.8, 4) is 12.3 Å². The maximum Gasteiger partial charge on any atom is 0.411 e. The number of carbonyl (C=O) groups excluding carboxylic acids is 1. The predicted molar refractivity (Wildman–Crippen MR) is 98.2 cm³/mol. The Balaban J connectivity index is 1.94. The number of likely N-dealkylation sites (tertiary alicyclic amines) is 1. The minimum atomic E-state index is -0.516. The zero-order chi connectivity index (χ0) is 18.2. The molecule has 0 radical (unpaired) electrons. The van der Waals surface area contributed by atoms with Crippen molar-refractivity contribution in [3.63, 3.8) is 0 Å². The summed E-state index contributed by atoms with van der Waals surface area (Å²) in [5.41, 5.74) is 2.05. The summed E-state index contributed by atoms with van der Waals surface area (Å²) in [6, 6.07) is 5.78. The van der Waals surface area contributed by atoms with Crippen LogP contribution in [0.5, 0.6) is 0 Å². The highest BCUT2D eigenvalue weighted by molar-refractivity contribution is 5.77. The number of hydrogen-bond donors (Lipinski definition) is 1. The molecule has 1 aliphatic heterocycles. The van der Waals surface area contributed by atoms with Crippen molar-refractivity contribution in [3.05, 3.63) is 29.6 Å². The highest BCUT2D eigenvalue weighted by Crippen LogP contribution is 2.38. The molecule has 0 spiro atoms. The van der Waals surface area contributed by atoms with Gasteiger partial charge in [0.05, 0.1) is 17.1 Å². The van der Waals surface area contributed by atoms with Crippen LogP contribution in [0.3, 0.4) is 0 Å². The van der Waals surface area contributed by atoms with Crippen LogP contribution < -0.4 is 0 Å². The number of terminal acetylenes is 1. The molecule has 1 aromatic carbocycles. The number of hydrogen-bond acceptors (Lipinski definition) is 3. The van der Waals surface area contributed by atoms with Crippen LogP contribution in [0.25, 0.3) is 11.0 Å². The molecule has 3 rings (SSSR count). The smallest absolute Gasteiger partial charge is 0.411 e. The summed E-state index contributed by atoms with van der Waals surface area (Å²) in [6.45, 7) is 7.76. The number of benzene rings is 1. The second-order valence-electron chi connectivity index (χ2n) is 7.54. The third-order valence-corrected chi connectivity index (χ3v) is 4.56. The van der Waals surface area contributed by atoms with Crippen LogP contribution in [0.4, 0.5) is 4.79 Å². The fourth-order valence-corrected chi connectivity index (χ4v) is 3.42. The molecule has 2 heterocycles. The standard InChI is InChI=1S/C20H25N3O2/c1-6-13-8-10-15-16(12-13)22-18(21-15)17-11-9-14(7-2)23(17)19(24)25-20(3,4)5/h1,8,10,12,14,17H,7,9,11H2,2-5H3,(H,21,22). The Bertz CT molecular complexity index is 826. The van der Waals surface area contributed by atoms with Crippen LogP contribution in [0.2, 0.25) is 0 Å². The van der Waals surface area contributed by atoms with Crippen LogP contribution in [-0.4, -0.2) is 32.6 Å². The molecule has 25 heavy (non-hydrogen) atoms. The molecule has 0 aliphatic carbocycles. The summed E-state index contributed by atoms with van der Waals surface area (Å²) in [5, 5.41) is 0. The Labute approximate surface area is 148 Å². The van der Waals surface area contributed by atoms with Gasteiger partial charge >= 0.3 is 6.09 Å². The summed E-state index contributed by atoms with van der Waals surface area (Å²) in [7, 11) is 0. The minimum Gasteiger partial charge on any atom is -0.444 e. The quantitative estimate of drug-likeness (QED) is 0.825. The van der Waals surface area contributed by atoms with Gasteiger partial charge in [-0.05, 0) is 58.2 Å². The van der Waals surface area contributed by atoms with Crippen molar-refractivity contribution in [1.82, 2.24) is 14.9 Å². The molecule has 1 aromatic heterocycles. The van der Waals surface area contributed by atoms with Gasteiger partial charge in [-0.15, -0.1) is 6.42 Å². The van der Waals surface area contributed by atoms with E-state index < -0.39 is 5.60 Å². The number of fused-ring (bicyclic) bond motifs is 1. The van der Waals surface area contributed by atoms with Crippen molar-refractivity contribution < 1.29 is 9.53 Å². The highest BCUT2D eigenvalue weighted by Gasteiger charge is 2.40. The predicted octanol–water partition coefficient (Wildman–Crippen LogP) is 4.39. The lowest BCUT2D eigenvalue weighted by atomic mass is 10.1. The Hall–Kier alpha value is -2.48. The van der Waals surface area contributed by atoms with Gasteiger partial charge in [0, 0.05) is 11.6 Å². The molecule has 2 unspecified atom stereocenters. The SMILES string of the molecule is C#Cc1ccc2nc(C3CCC(CC)N3C(=O)OC(C)(C)C)[nH]c2c1. The summed E-state index contributed by atoms with van der Waals surface area (Å²) in [5.74, 6) is 3.43. The maximum atomic E-state index is 12.8. The molecular formula is C20H25N3O2. The molecule has 1 aliphatic rings. The Kier molecular flexibility index (Phi) is 4.47. The molecule has 5 heteroatoms. The number of carbonyl (C=O) groups is 1. The second kappa shape index (κ2) is 6.44. The van der Waals surface area contributed by atoms with Gasteiger partial charge in [0.15, 0.2) is 0 Å². The van der Waals surface area contributed by atoms with Gasteiger partial charge < -0.3 is 9.72 Å². The first-order chi connectivity index (χ1) is 11.8. The minimum absolute atomic E-state index is 0.0958. The van der Waals surface area contributed by atoms with Crippen LogP contribution >= 0.6 is 0 Å². The lowest BCUT2D eigenvalue weighted by molar-refractivity contribution is 0.0134. The van der Waals surface area contributed by atoms with E-state index in [0.29, 0.717) is 0 Å². The van der Waals surface area contributed by atoms with Crippen LogP contribution in [0, 0.1) is 12.3 Å². The summed E-state index contributed by atoms with van der Waals surface area (Å²) < 4.78 is 5.63. The van der Waals surface area contributed by atoms with Gasteiger partial charge in [0.2, 0.25) is 0 Å². The highest BCUT2D eigenvalue weighted by atomic mass is 16.6. The van der Waals surface area contributed by atoms with E-state index in [2.05, 4.69) is 17.8 Å². The van der Waals surface area contributed by atoms with Crippen molar-refractivity contribution in [2.45, 2.75) is 64.6 Å². The number of rotatable bonds is 2. The molecule has 5 nitrogen and oxygen atoms in total. The number of H-pyrrole nitrogens is 1. The zero-order valence-electron chi connectivity index (χ0n) is 15.3. The van der Waals surface area contributed by atoms with Gasteiger partial charge in [-0.3, -0.25) is 4.90 Å². The normalized spacial score (nSPS) is 20.7. The van der Waals surface area contributed by atoms with E-state index in [1.165, 1.54) is 0 Å². The van der Waals surface area contributed by atoms with E-state index in [1.54, 1.807) is 0 Å². The molecule has 1 amide bonds. The van der Waals surface area contributed by atoms with Crippen molar-refractivity contribution in [1.29, 1.82) is 0 Å². The molecule has 0 bridgehead atoms. The fraction of sp³-hybridized carbons (Fsp3) is 0.500. The molecule has 1 N–H and O–H groups in total. The number of imidazole rings is 1. The molecule has 2 aromatic rings. The molecule has 132 valence electrons. The first-order valence-corrected chi connectivity index (χ1v) is 8.80. The molecule has 0 saturated carbocycles. The van der Waals surface area contributed by atoms with Crippen LogP contribution in [0.15, 0.2) is 18.2 Å². The molecular weight excluding hydrogens is 314 g/mol. The van der Waals surface area contributed by atoms with Gasteiger partial charge in [-0.25, -0.2) is 9.78 Å². The third-order valence-electron chi connectivity index (χ3n) is 4.56. The number of aromatic nitrogens is 2. The van der Waals surface area contributed by atoms with Crippen molar-refractivity contribution in [2.24, 2.45) is 0 Å². The average Bonchev–Trinajstić information content (AvgIpc) is 3.15. The van der Waals surface area contributed by atoms with E-state index in [9.17, 15) is 4.79 Å². The van der Waals surface area contributed by atoms with Gasteiger partial charge in [0.25, 0.3) is 0 Å². The maximum absolute atomic E-state index is 12.8. The Morgan fingerprint density at radius 1 is 1.44 bits per heavy atom. The van der Waals surface area contributed by atoms with E-state index >= 15 is 0 Å². The van der Waals surface area contributed by atoms with E-state index in [4.69, 9.17) is 16.1 Å². The van der Waals surface area contributed by atoms with Crippen molar-refractivity contribution in [2.75, 3.05) is 0 Å². The monoisotopic (exact) mass is 339 g/mol. The summed E-state index contributed by atoms with van der Waals surface area (Å²) in [4.78, 5) is 22.7. The number of nitrogens with one attached hydrogen (secondary N) is 1. The van der Waals surface area contributed by atoms with Gasteiger partial charge in [-0.2, -0.15) is 0 Å². The zero-order valence-corrected chi connectivity index (χ0v) is 15.3. The average molecular weight is 339 g/mol. The molecule has 1 fully saturated rings. The van der Waals surface area contributed by atoms with Gasteiger partial charge in [-0.1, -0.05) is 12.8 Å². The summed E-state index contributed by atoms with van der Waals surface area (Å²) in [6.07, 6.45) is 7.93. The van der Waals surface area contributed by atoms with Gasteiger partial charge in [0.1, 0.15) is 11.4 Å². The number of aromatic amines is 1. The van der Waals surface area contributed by atoms with Crippen molar-refractivity contribution >= 4 is 17.1 Å². The third kappa shape index (κ3) is 3.48. The Morgan fingerprint density at radius 3 is 2.84 bits per heavy atom. The number of ether oxygens (including phenoxy) is 1. The lowest BCUT2D eigenvalue weighted by Crippen LogP contribution is -2.41. The summed E-state index contributed by atoms with van der Waals surface area (Å²) >= 11 is 0. The van der Waals surface area contributed by atoms with E-state index in [0.717, 1.165) is 41.7 Å². The number of amides is 1. The second-order valence-corrected chi connectivity index (χ2v) is 7.54. The first-order valence-electron chi connectivity index (χ1n) is 8.80. The van der Waals surface area contributed by atoms with E-state index in [-0.39, 0.29) is 18.2 Å². The van der Waals surface area contributed by atoms with E-state index in [1.807, 2.05) is 43.9 Å². The lowest BCUT2D eigenvalue weighted by Gasteiger charge is -2.31. The molecule has 2 atom stereocenters. The fourth-order valence-electron chi connectivity index (χ4n) is 3.42. The largest absolute Gasteiger partial charge is 0.444 e. The Morgan fingerprint density at radius 2 is 2.20 bits per heavy atom. The first kappa shape index (κ1) is 17.3. The molecule has 1 saturated heterocycles. The van der Waals surface area contributed by atoms with Crippen LogP contribution in [0.1, 0.15) is 64.4 Å². The topological polar surface area (TPSA) is 58.2 Å². The van der Waals surface area contributed by atoms with Crippen LogP contribution in [-0.2, 0) is 4.74 Å². The number of nitrogens with zero attached hydrogens (tertiary/aromatic N) is 2.